The average molecular weight is 397 g/mol. The number of amides is 1. The Morgan fingerprint density at radius 1 is 1.21 bits per heavy atom. The lowest BCUT2D eigenvalue weighted by atomic mass is 9.87. The molecule has 5 rings (SSSR count). The van der Waals surface area contributed by atoms with Crippen LogP contribution in [0.15, 0.2) is 30.3 Å². The van der Waals surface area contributed by atoms with E-state index in [1.54, 1.807) is 11.3 Å². The molecule has 1 saturated heterocycles. The van der Waals surface area contributed by atoms with Crippen LogP contribution in [0.2, 0.25) is 0 Å². The molecule has 2 aromatic rings. The van der Waals surface area contributed by atoms with Crippen molar-refractivity contribution in [1.82, 2.24) is 10.2 Å². The lowest BCUT2D eigenvalue weighted by Crippen LogP contribution is -2.33. The third kappa shape index (κ3) is 3.63. The number of hydrogen-bond donors (Lipinski definition) is 1. The zero-order valence-corrected chi connectivity index (χ0v) is 17.1. The minimum atomic E-state index is 0.213. The first-order valence-corrected chi connectivity index (χ1v) is 11.4. The van der Waals surface area contributed by atoms with Crippen molar-refractivity contribution in [2.75, 3.05) is 26.2 Å². The lowest BCUT2D eigenvalue weighted by molar-refractivity contribution is 0.0791. The number of aryl methyl sites for hydroxylation is 1. The van der Waals surface area contributed by atoms with E-state index in [1.165, 1.54) is 40.8 Å². The Balaban J connectivity index is 1.18. The van der Waals surface area contributed by atoms with Gasteiger partial charge >= 0.3 is 0 Å². The zero-order chi connectivity index (χ0) is 18.9. The molecule has 28 heavy (non-hydrogen) atoms. The van der Waals surface area contributed by atoms with Gasteiger partial charge in [0.25, 0.3) is 5.91 Å². The van der Waals surface area contributed by atoms with E-state index in [2.05, 4.69) is 40.5 Å². The molecule has 2 aliphatic heterocycles. The van der Waals surface area contributed by atoms with E-state index in [9.17, 15) is 4.79 Å². The molecule has 1 aliphatic carbocycles. The number of thiophene rings is 1. The highest BCUT2D eigenvalue weighted by Crippen LogP contribution is 2.31. The Morgan fingerprint density at radius 3 is 3.07 bits per heavy atom. The van der Waals surface area contributed by atoms with Gasteiger partial charge in [0.05, 0.1) is 18.1 Å². The summed E-state index contributed by atoms with van der Waals surface area (Å²) in [6.45, 7) is 4.19. The first kappa shape index (κ1) is 18.3. The summed E-state index contributed by atoms with van der Waals surface area (Å²) >= 11 is 1.67. The van der Waals surface area contributed by atoms with E-state index in [4.69, 9.17) is 4.74 Å². The fourth-order valence-electron chi connectivity index (χ4n) is 4.87. The van der Waals surface area contributed by atoms with E-state index in [0.717, 1.165) is 44.0 Å². The van der Waals surface area contributed by atoms with Crippen molar-refractivity contribution in [1.29, 1.82) is 0 Å². The summed E-state index contributed by atoms with van der Waals surface area (Å²) in [6, 6.07) is 11.4. The van der Waals surface area contributed by atoms with E-state index < -0.39 is 0 Å². The number of nitrogens with zero attached hydrogens (tertiary/aromatic N) is 1. The van der Waals surface area contributed by atoms with E-state index in [1.807, 2.05) is 0 Å². The molecule has 0 saturated carbocycles. The molecule has 0 spiro atoms. The van der Waals surface area contributed by atoms with Crippen LogP contribution < -0.4 is 5.32 Å². The van der Waals surface area contributed by atoms with Gasteiger partial charge in [-0.25, -0.2) is 0 Å². The van der Waals surface area contributed by atoms with E-state index >= 15 is 0 Å². The van der Waals surface area contributed by atoms with Crippen molar-refractivity contribution >= 4 is 17.2 Å². The predicted octanol–water partition coefficient (Wildman–Crippen LogP) is 3.95. The molecule has 4 nitrogen and oxygen atoms in total. The molecule has 2 atom stereocenters. The molecule has 0 radical (unpaired) electrons. The maximum atomic E-state index is 13.0. The minimum absolute atomic E-state index is 0.213. The van der Waals surface area contributed by atoms with Crippen LogP contribution in [0, 0.1) is 5.92 Å². The monoisotopic (exact) mass is 396 g/mol. The van der Waals surface area contributed by atoms with Gasteiger partial charge in [-0.2, -0.15) is 0 Å². The number of rotatable bonds is 4. The van der Waals surface area contributed by atoms with Crippen LogP contribution >= 0.6 is 11.3 Å². The smallest absolute Gasteiger partial charge is 0.263 e. The summed E-state index contributed by atoms with van der Waals surface area (Å²) in [4.78, 5) is 17.2. The number of ether oxygens (including phenoxy) is 1. The van der Waals surface area contributed by atoms with Crippen LogP contribution in [0.25, 0.3) is 0 Å². The molecule has 2 unspecified atom stereocenters. The number of fused-ring (bicyclic) bond motifs is 2. The molecular weight excluding hydrogens is 368 g/mol. The average Bonchev–Trinajstić information content (AvgIpc) is 3.38. The molecule has 3 heterocycles. The van der Waals surface area contributed by atoms with Crippen molar-refractivity contribution in [2.24, 2.45) is 5.92 Å². The van der Waals surface area contributed by atoms with Crippen molar-refractivity contribution in [3.63, 3.8) is 0 Å². The molecule has 3 aliphatic rings. The maximum Gasteiger partial charge on any atom is 0.263 e. The standard InChI is InChI=1S/C23H28N2O2S/c26-23(22-12-18-15-27-11-9-21(18)28-22)25-10-8-16(14-25)13-24-20-7-3-5-17-4-1-2-6-19(17)20/h1-2,4,6,12,16,20,24H,3,5,7-11,13-15H2. The van der Waals surface area contributed by atoms with Gasteiger partial charge in [-0.05, 0) is 54.4 Å². The number of carbonyl (C=O) groups is 1. The molecule has 5 heteroatoms. The second-order valence-electron chi connectivity index (χ2n) is 8.32. The molecule has 1 N–H and O–H groups in total. The Hall–Kier alpha value is -1.69. The fourth-order valence-corrected chi connectivity index (χ4v) is 5.98. The normalized spacial score (nSPS) is 24.1. The third-order valence-corrected chi connectivity index (χ3v) is 7.66. The van der Waals surface area contributed by atoms with Gasteiger partial charge in [0.15, 0.2) is 0 Å². The first-order valence-electron chi connectivity index (χ1n) is 10.6. The summed E-state index contributed by atoms with van der Waals surface area (Å²) in [7, 11) is 0. The SMILES string of the molecule is O=C(c1cc2c(s1)CCOC2)N1CCC(CNC2CCCc3ccccc32)C1. The Kier molecular flexibility index (Phi) is 5.22. The third-order valence-electron chi connectivity index (χ3n) is 6.43. The van der Waals surface area contributed by atoms with E-state index in [0.29, 0.717) is 18.6 Å². The highest BCUT2D eigenvalue weighted by Gasteiger charge is 2.29. The summed E-state index contributed by atoms with van der Waals surface area (Å²) < 4.78 is 5.52. The van der Waals surface area contributed by atoms with Crippen LogP contribution in [-0.4, -0.2) is 37.0 Å². The molecule has 1 aromatic carbocycles. The number of hydrogen-bond acceptors (Lipinski definition) is 4. The van der Waals surface area contributed by atoms with Gasteiger partial charge < -0.3 is 15.0 Å². The van der Waals surface area contributed by atoms with Crippen molar-refractivity contribution in [3.05, 3.63) is 56.8 Å². The van der Waals surface area contributed by atoms with Crippen LogP contribution in [0.5, 0.6) is 0 Å². The van der Waals surface area contributed by atoms with Gasteiger partial charge in [-0.3, -0.25) is 4.79 Å². The van der Waals surface area contributed by atoms with Gasteiger partial charge in [-0.15, -0.1) is 11.3 Å². The summed E-state index contributed by atoms with van der Waals surface area (Å²) in [5.41, 5.74) is 4.19. The number of carbonyl (C=O) groups excluding carboxylic acids is 1. The van der Waals surface area contributed by atoms with Gasteiger partial charge in [0.2, 0.25) is 0 Å². The summed E-state index contributed by atoms with van der Waals surface area (Å²) in [6.07, 6.45) is 5.73. The van der Waals surface area contributed by atoms with Gasteiger partial charge in [0, 0.05) is 37.0 Å². The van der Waals surface area contributed by atoms with E-state index in [-0.39, 0.29) is 5.91 Å². The second kappa shape index (κ2) is 7.97. The molecule has 0 bridgehead atoms. The molecule has 148 valence electrons. The fraction of sp³-hybridized carbons (Fsp3) is 0.522. The zero-order valence-electron chi connectivity index (χ0n) is 16.3. The Morgan fingerprint density at radius 2 is 2.14 bits per heavy atom. The maximum absolute atomic E-state index is 13.0. The van der Waals surface area contributed by atoms with Gasteiger partial charge in [-0.1, -0.05) is 24.3 Å². The largest absolute Gasteiger partial charge is 0.376 e. The second-order valence-corrected chi connectivity index (χ2v) is 9.46. The molecule has 1 amide bonds. The summed E-state index contributed by atoms with van der Waals surface area (Å²) in [5.74, 6) is 0.765. The minimum Gasteiger partial charge on any atom is -0.376 e. The molecule has 1 aromatic heterocycles. The number of nitrogens with one attached hydrogen (secondary N) is 1. The number of likely N-dealkylation sites (tertiary alicyclic amines) is 1. The highest BCUT2D eigenvalue weighted by molar-refractivity contribution is 7.14. The summed E-state index contributed by atoms with van der Waals surface area (Å²) in [5, 5.41) is 3.81. The van der Waals surface area contributed by atoms with Gasteiger partial charge in [0.1, 0.15) is 0 Å². The topological polar surface area (TPSA) is 41.6 Å². The van der Waals surface area contributed by atoms with Crippen LogP contribution in [0.1, 0.15) is 56.5 Å². The van der Waals surface area contributed by atoms with Crippen molar-refractivity contribution in [3.8, 4) is 0 Å². The predicted molar refractivity (Wildman–Crippen MR) is 112 cm³/mol. The number of benzene rings is 1. The van der Waals surface area contributed by atoms with Crippen molar-refractivity contribution < 1.29 is 9.53 Å². The Bertz CT molecular complexity index is 839. The van der Waals surface area contributed by atoms with Crippen LogP contribution in [0.4, 0.5) is 0 Å². The molecular formula is C23H28N2O2S. The van der Waals surface area contributed by atoms with Crippen LogP contribution in [0.3, 0.4) is 0 Å². The molecule has 1 fully saturated rings. The Labute approximate surface area is 170 Å². The van der Waals surface area contributed by atoms with Crippen molar-refractivity contribution in [2.45, 2.75) is 44.8 Å². The van der Waals surface area contributed by atoms with Crippen LogP contribution in [-0.2, 0) is 24.2 Å². The first-order chi connectivity index (χ1) is 13.8. The lowest BCUT2D eigenvalue weighted by Gasteiger charge is -2.27. The highest BCUT2D eigenvalue weighted by atomic mass is 32.1. The quantitative estimate of drug-likeness (QED) is 0.851.